The summed E-state index contributed by atoms with van der Waals surface area (Å²) in [6.07, 6.45) is 6.62. The number of nitrogens with one attached hydrogen (secondary N) is 1. The predicted octanol–water partition coefficient (Wildman–Crippen LogP) is 3.22. The van der Waals surface area contributed by atoms with Gasteiger partial charge in [0, 0.05) is 12.6 Å². The molecule has 3 heterocycles. The molecule has 2 aliphatic heterocycles. The zero-order valence-corrected chi connectivity index (χ0v) is 15.8. The first-order valence-electron chi connectivity index (χ1n) is 10.1. The number of nitrogens with zero attached hydrogens (tertiary/aromatic N) is 3. The van der Waals surface area contributed by atoms with Crippen molar-refractivity contribution in [3.63, 3.8) is 0 Å². The summed E-state index contributed by atoms with van der Waals surface area (Å²) < 4.78 is 10.9. The summed E-state index contributed by atoms with van der Waals surface area (Å²) in [6.45, 7) is 1.20. The van der Waals surface area contributed by atoms with E-state index in [9.17, 15) is 4.79 Å². The molecule has 7 heteroatoms. The largest absolute Gasteiger partial charge is 0.454 e. The maximum absolute atomic E-state index is 12.4. The molecule has 1 aromatic carbocycles. The van der Waals surface area contributed by atoms with E-state index in [0.29, 0.717) is 5.69 Å². The first-order chi connectivity index (χ1) is 13.8. The van der Waals surface area contributed by atoms with Crippen molar-refractivity contribution in [1.82, 2.24) is 15.5 Å². The molecular formula is C21H24N4O3. The highest BCUT2D eigenvalue weighted by Crippen LogP contribution is 2.40. The number of hydrogen-bond donors (Lipinski definition) is 1. The number of rotatable bonds is 4. The van der Waals surface area contributed by atoms with Crippen LogP contribution in [-0.2, 0) is 0 Å². The molecule has 146 valence electrons. The van der Waals surface area contributed by atoms with Gasteiger partial charge >= 0.3 is 0 Å². The second-order valence-corrected chi connectivity index (χ2v) is 7.70. The third-order valence-electron chi connectivity index (χ3n) is 5.90. The first kappa shape index (κ1) is 17.3. The second kappa shape index (κ2) is 7.30. The van der Waals surface area contributed by atoms with E-state index in [1.165, 1.54) is 18.4 Å². The maximum Gasteiger partial charge on any atom is 0.272 e. The molecule has 1 unspecified atom stereocenters. The standard InChI is InChI=1S/C21H24N4O3/c26-21(22-15-4-1-2-5-15)16-8-10-20(24-23-16)25-11-3-6-17(25)14-7-9-18-19(12-14)28-13-27-18/h7-10,12,15,17H,1-6,11,13H2,(H,22,26). The fourth-order valence-electron chi connectivity index (χ4n) is 4.44. The average Bonchev–Trinajstić information content (AvgIpc) is 3.48. The summed E-state index contributed by atoms with van der Waals surface area (Å²) in [5.41, 5.74) is 1.57. The number of anilines is 1. The third-order valence-corrected chi connectivity index (χ3v) is 5.90. The van der Waals surface area contributed by atoms with Crippen molar-refractivity contribution in [2.75, 3.05) is 18.2 Å². The maximum atomic E-state index is 12.4. The molecule has 1 N–H and O–H groups in total. The van der Waals surface area contributed by atoms with E-state index in [-0.39, 0.29) is 24.8 Å². The molecule has 1 saturated carbocycles. The molecule has 1 aromatic heterocycles. The van der Waals surface area contributed by atoms with Crippen molar-refractivity contribution >= 4 is 11.7 Å². The van der Waals surface area contributed by atoms with Gasteiger partial charge in [-0.2, -0.15) is 0 Å². The number of aromatic nitrogens is 2. The highest BCUT2D eigenvalue weighted by Gasteiger charge is 2.29. The summed E-state index contributed by atoms with van der Waals surface area (Å²) in [4.78, 5) is 14.6. The lowest BCUT2D eigenvalue weighted by molar-refractivity contribution is 0.0932. The Balaban J connectivity index is 1.31. The van der Waals surface area contributed by atoms with Crippen LogP contribution in [0.25, 0.3) is 0 Å². The van der Waals surface area contributed by atoms with Crippen LogP contribution in [0.15, 0.2) is 30.3 Å². The summed E-state index contributed by atoms with van der Waals surface area (Å²) in [5, 5.41) is 11.6. The van der Waals surface area contributed by atoms with E-state index < -0.39 is 0 Å². The Bertz CT molecular complexity index is 864. The predicted molar refractivity (Wildman–Crippen MR) is 104 cm³/mol. The van der Waals surface area contributed by atoms with Gasteiger partial charge < -0.3 is 19.7 Å². The molecule has 1 aliphatic carbocycles. The summed E-state index contributed by atoms with van der Waals surface area (Å²) >= 11 is 0. The van der Waals surface area contributed by atoms with Crippen LogP contribution in [0.4, 0.5) is 5.82 Å². The molecule has 1 amide bonds. The van der Waals surface area contributed by atoms with Crippen molar-refractivity contribution in [2.45, 2.75) is 50.6 Å². The van der Waals surface area contributed by atoms with Gasteiger partial charge in [-0.3, -0.25) is 4.79 Å². The molecule has 0 spiro atoms. The Labute approximate surface area is 164 Å². The van der Waals surface area contributed by atoms with E-state index in [2.05, 4.69) is 32.5 Å². The molecule has 1 atom stereocenters. The van der Waals surface area contributed by atoms with Crippen LogP contribution in [0.5, 0.6) is 11.5 Å². The van der Waals surface area contributed by atoms with Crippen LogP contribution in [0.3, 0.4) is 0 Å². The minimum Gasteiger partial charge on any atom is -0.454 e. The Morgan fingerprint density at radius 3 is 2.68 bits per heavy atom. The number of hydrogen-bond acceptors (Lipinski definition) is 6. The summed E-state index contributed by atoms with van der Waals surface area (Å²) in [5.74, 6) is 2.28. The first-order valence-corrected chi connectivity index (χ1v) is 10.1. The molecule has 0 radical (unpaired) electrons. The molecule has 2 aromatic rings. The minimum absolute atomic E-state index is 0.125. The lowest BCUT2D eigenvalue weighted by Crippen LogP contribution is -2.33. The van der Waals surface area contributed by atoms with E-state index in [1.54, 1.807) is 6.07 Å². The number of benzene rings is 1. The zero-order chi connectivity index (χ0) is 18.9. The Morgan fingerprint density at radius 1 is 1.00 bits per heavy atom. The lowest BCUT2D eigenvalue weighted by atomic mass is 10.0. The fraction of sp³-hybridized carbons (Fsp3) is 0.476. The van der Waals surface area contributed by atoms with Crippen molar-refractivity contribution in [2.24, 2.45) is 0 Å². The second-order valence-electron chi connectivity index (χ2n) is 7.70. The normalized spacial score (nSPS) is 21.3. The van der Waals surface area contributed by atoms with E-state index >= 15 is 0 Å². The Morgan fingerprint density at radius 2 is 1.86 bits per heavy atom. The topological polar surface area (TPSA) is 76.6 Å². The van der Waals surface area contributed by atoms with Crippen LogP contribution in [-0.4, -0.2) is 35.5 Å². The van der Waals surface area contributed by atoms with Gasteiger partial charge in [-0.15, -0.1) is 10.2 Å². The van der Waals surface area contributed by atoms with E-state index in [4.69, 9.17) is 9.47 Å². The van der Waals surface area contributed by atoms with Gasteiger partial charge in [0.1, 0.15) is 0 Å². The van der Waals surface area contributed by atoms with Gasteiger partial charge in [0.25, 0.3) is 5.91 Å². The van der Waals surface area contributed by atoms with Gasteiger partial charge in [0.15, 0.2) is 23.0 Å². The number of amides is 1. The monoisotopic (exact) mass is 380 g/mol. The van der Waals surface area contributed by atoms with Crippen LogP contribution < -0.4 is 19.7 Å². The summed E-state index contributed by atoms with van der Waals surface area (Å²) in [6, 6.07) is 10.3. The SMILES string of the molecule is O=C(NC1CCCC1)c1ccc(N2CCCC2c2ccc3c(c2)OCO3)nn1. The smallest absolute Gasteiger partial charge is 0.272 e. The van der Waals surface area contributed by atoms with Gasteiger partial charge in [0.05, 0.1) is 6.04 Å². The molecule has 0 bridgehead atoms. The fourth-order valence-corrected chi connectivity index (χ4v) is 4.44. The van der Waals surface area contributed by atoms with Crippen molar-refractivity contribution in [3.05, 3.63) is 41.6 Å². The van der Waals surface area contributed by atoms with Crippen molar-refractivity contribution in [3.8, 4) is 11.5 Å². The molecule has 2 fully saturated rings. The highest BCUT2D eigenvalue weighted by molar-refractivity contribution is 5.92. The van der Waals surface area contributed by atoms with Crippen molar-refractivity contribution < 1.29 is 14.3 Å². The molecule has 3 aliphatic rings. The quantitative estimate of drug-likeness (QED) is 0.878. The van der Waals surface area contributed by atoms with Gasteiger partial charge in [-0.25, -0.2) is 0 Å². The molecule has 7 nitrogen and oxygen atoms in total. The van der Waals surface area contributed by atoms with Gasteiger partial charge in [-0.1, -0.05) is 18.9 Å². The summed E-state index contributed by atoms with van der Waals surface area (Å²) in [7, 11) is 0. The number of carbonyl (C=O) groups is 1. The van der Waals surface area contributed by atoms with Crippen LogP contribution in [0, 0.1) is 0 Å². The van der Waals surface area contributed by atoms with E-state index in [0.717, 1.165) is 49.5 Å². The minimum atomic E-state index is -0.125. The van der Waals surface area contributed by atoms with E-state index in [1.807, 2.05) is 12.1 Å². The molecule has 5 rings (SSSR count). The molecule has 28 heavy (non-hydrogen) atoms. The zero-order valence-electron chi connectivity index (χ0n) is 15.8. The lowest BCUT2D eigenvalue weighted by Gasteiger charge is -2.25. The molecular weight excluding hydrogens is 356 g/mol. The van der Waals surface area contributed by atoms with Gasteiger partial charge in [-0.05, 0) is 55.5 Å². The Hall–Kier alpha value is -2.83. The highest BCUT2D eigenvalue weighted by atomic mass is 16.7. The Kier molecular flexibility index (Phi) is 4.50. The molecule has 1 saturated heterocycles. The van der Waals surface area contributed by atoms with Gasteiger partial charge in [0.2, 0.25) is 6.79 Å². The average molecular weight is 380 g/mol. The van der Waals surface area contributed by atoms with Crippen LogP contribution in [0.1, 0.15) is 60.6 Å². The van der Waals surface area contributed by atoms with Crippen LogP contribution in [0.2, 0.25) is 0 Å². The number of ether oxygens (including phenoxy) is 2. The number of carbonyl (C=O) groups excluding carboxylic acids is 1. The van der Waals surface area contributed by atoms with Crippen LogP contribution >= 0.6 is 0 Å². The third kappa shape index (κ3) is 3.25. The number of fused-ring (bicyclic) bond motifs is 1. The van der Waals surface area contributed by atoms with Crippen molar-refractivity contribution in [1.29, 1.82) is 0 Å².